The number of fused-ring (bicyclic) bond motifs is 3. The Hall–Kier alpha value is -0.186. The van der Waals surface area contributed by atoms with E-state index in [0.29, 0.717) is 0 Å². The van der Waals surface area contributed by atoms with Crippen LogP contribution in [0.2, 0.25) is 0 Å². The van der Waals surface area contributed by atoms with Gasteiger partial charge in [0.15, 0.2) is 0 Å². The molecule has 0 bridgehead atoms. The molecule has 3 heterocycles. The summed E-state index contributed by atoms with van der Waals surface area (Å²) in [5, 5.41) is 2.20. The van der Waals surface area contributed by atoms with Crippen molar-refractivity contribution < 1.29 is 32.7 Å². The number of rotatable bonds is 0. The first-order valence-electron chi connectivity index (χ1n) is 4.64. The van der Waals surface area contributed by atoms with E-state index in [0.717, 1.165) is 20.9 Å². The van der Waals surface area contributed by atoms with Gasteiger partial charge < -0.3 is 14.1 Å². The smallest absolute Gasteiger partial charge is 0.117 e. The molecule has 0 fully saturated rings. The molecule has 0 N–H and O–H groups in total. The zero-order valence-corrected chi connectivity index (χ0v) is 13.5. The summed E-state index contributed by atoms with van der Waals surface area (Å²) in [7, 11) is 4.02. The SMILES string of the molecule is Cn1cc(Br)c2c1ncc1[c-]cn(C)c12.[Y]. The Morgan fingerprint density at radius 1 is 1.31 bits per heavy atom. The second-order valence-electron chi connectivity index (χ2n) is 3.69. The molecule has 0 aliphatic carbocycles. The predicted molar refractivity (Wildman–Crippen MR) is 63.7 cm³/mol. The van der Waals surface area contributed by atoms with Gasteiger partial charge in [0, 0.05) is 55.8 Å². The van der Waals surface area contributed by atoms with Gasteiger partial charge in [-0.25, -0.2) is 0 Å². The zero-order valence-electron chi connectivity index (χ0n) is 9.03. The minimum Gasteiger partial charge on any atom is -0.413 e. The zero-order chi connectivity index (χ0) is 10.6. The molecule has 0 saturated carbocycles. The van der Waals surface area contributed by atoms with Gasteiger partial charge in [-0.3, -0.25) is 0 Å². The van der Waals surface area contributed by atoms with Gasteiger partial charge in [-0.2, -0.15) is 6.07 Å². The van der Waals surface area contributed by atoms with Crippen LogP contribution >= 0.6 is 15.9 Å². The second kappa shape index (κ2) is 4.24. The molecule has 3 aromatic rings. The summed E-state index contributed by atoms with van der Waals surface area (Å²) in [5.74, 6) is 0. The molecule has 0 amide bonds. The normalized spacial score (nSPS) is 10.9. The Labute approximate surface area is 127 Å². The molecule has 0 aliphatic heterocycles. The van der Waals surface area contributed by atoms with Gasteiger partial charge in [-0.15, -0.1) is 5.39 Å². The molecular weight excluding hydrogens is 343 g/mol. The second-order valence-corrected chi connectivity index (χ2v) is 4.55. The van der Waals surface area contributed by atoms with Crippen LogP contribution in [0.5, 0.6) is 0 Å². The van der Waals surface area contributed by atoms with Crippen molar-refractivity contribution in [3.63, 3.8) is 0 Å². The maximum absolute atomic E-state index is 4.43. The average Bonchev–Trinajstić information content (AvgIpc) is 2.70. The quantitative estimate of drug-likeness (QED) is 0.571. The summed E-state index contributed by atoms with van der Waals surface area (Å²) in [5.41, 5.74) is 2.16. The Bertz CT molecular complexity index is 669. The van der Waals surface area contributed by atoms with E-state index in [4.69, 9.17) is 0 Å². The van der Waals surface area contributed by atoms with E-state index in [2.05, 4.69) is 31.5 Å². The molecule has 0 saturated heterocycles. The fraction of sp³-hybridized carbons (Fsp3) is 0.182. The number of aryl methyl sites for hydroxylation is 2. The molecule has 5 heteroatoms. The summed E-state index contributed by atoms with van der Waals surface area (Å²) < 4.78 is 5.17. The summed E-state index contributed by atoms with van der Waals surface area (Å²) in [6, 6.07) is 3.19. The van der Waals surface area contributed by atoms with E-state index in [1.54, 1.807) is 0 Å². The Kier molecular flexibility index (Phi) is 3.25. The van der Waals surface area contributed by atoms with Crippen molar-refractivity contribution in [2.75, 3.05) is 0 Å². The third-order valence-corrected chi connectivity index (χ3v) is 3.28. The van der Waals surface area contributed by atoms with E-state index in [1.807, 2.05) is 37.3 Å². The monoisotopic (exact) mass is 351 g/mol. The fourth-order valence-electron chi connectivity index (χ4n) is 1.98. The molecule has 16 heavy (non-hydrogen) atoms. The van der Waals surface area contributed by atoms with E-state index in [9.17, 15) is 0 Å². The van der Waals surface area contributed by atoms with Gasteiger partial charge in [0.05, 0.1) is 0 Å². The van der Waals surface area contributed by atoms with Gasteiger partial charge in [0.2, 0.25) is 0 Å². The Balaban J connectivity index is 0.000000963. The van der Waals surface area contributed by atoms with Crippen molar-refractivity contribution in [2.24, 2.45) is 14.1 Å². The van der Waals surface area contributed by atoms with Crippen molar-refractivity contribution in [3.8, 4) is 0 Å². The number of aromatic nitrogens is 3. The Morgan fingerprint density at radius 2 is 2.06 bits per heavy atom. The van der Waals surface area contributed by atoms with Crippen molar-refractivity contribution in [1.82, 2.24) is 14.1 Å². The van der Waals surface area contributed by atoms with Crippen LogP contribution in [0, 0.1) is 6.07 Å². The first-order valence-corrected chi connectivity index (χ1v) is 5.44. The standard InChI is InChI=1S/C11H9BrN3.Y/c1-14-4-3-7-5-13-11-9(10(7)14)8(12)6-15(11)2;/h4-6H,1-2H3;/q-1;. The van der Waals surface area contributed by atoms with Crippen molar-refractivity contribution in [3.05, 3.63) is 29.1 Å². The van der Waals surface area contributed by atoms with Gasteiger partial charge in [0.1, 0.15) is 5.65 Å². The van der Waals surface area contributed by atoms with Crippen LogP contribution in [-0.4, -0.2) is 14.1 Å². The van der Waals surface area contributed by atoms with Gasteiger partial charge >= 0.3 is 0 Å². The molecule has 3 nitrogen and oxygen atoms in total. The maximum Gasteiger partial charge on any atom is 0.117 e. The molecule has 3 rings (SSSR count). The third-order valence-electron chi connectivity index (χ3n) is 2.68. The van der Waals surface area contributed by atoms with Crippen LogP contribution in [-0.2, 0) is 46.8 Å². The first kappa shape index (κ1) is 12.3. The summed E-state index contributed by atoms with van der Waals surface area (Å²) >= 11 is 3.57. The van der Waals surface area contributed by atoms with E-state index >= 15 is 0 Å². The largest absolute Gasteiger partial charge is 0.413 e. The van der Waals surface area contributed by atoms with Crippen LogP contribution in [0.3, 0.4) is 0 Å². The van der Waals surface area contributed by atoms with E-state index < -0.39 is 0 Å². The topological polar surface area (TPSA) is 22.8 Å². The van der Waals surface area contributed by atoms with E-state index in [-0.39, 0.29) is 32.7 Å². The minimum atomic E-state index is 0. The van der Waals surface area contributed by atoms with Crippen molar-refractivity contribution in [1.29, 1.82) is 0 Å². The van der Waals surface area contributed by atoms with Crippen LogP contribution in [0.15, 0.2) is 23.1 Å². The van der Waals surface area contributed by atoms with Crippen LogP contribution in [0.4, 0.5) is 0 Å². The van der Waals surface area contributed by atoms with Crippen molar-refractivity contribution in [2.45, 2.75) is 0 Å². The van der Waals surface area contributed by atoms with Crippen LogP contribution in [0.25, 0.3) is 21.9 Å². The van der Waals surface area contributed by atoms with Crippen LogP contribution < -0.4 is 0 Å². The van der Waals surface area contributed by atoms with Gasteiger partial charge in [0.25, 0.3) is 0 Å². The minimum absolute atomic E-state index is 0. The molecule has 0 spiro atoms. The maximum atomic E-state index is 4.43. The Morgan fingerprint density at radius 3 is 2.81 bits per heavy atom. The molecule has 1 radical (unpaired) electrons. The van der Waals surface area contributed by atoms with Gasteiger partial charge in [-0.1, -0.05) is 17.9 Å². The fourth-order valence-corrected chi connectivity index (χ4v) is 2.65. The summed E-state index contributed by atoms with van der Waals surface area (Å²) in [6.07, 6.45) is 5.83. The average molecular weight is 352 g/mol. The van der Waals surface area contributed by atoms with E-state index in [1.165, 1.54) is 5.52 Å². The number of hydrogen-bond donors (Lipinski definition) is 0. The molecule has 0 unspecified atom stereocenters. The summed E-state index contributed by atoms with van der Waals surface area (Å²) in [4.78, 5) is 4.43. The number of pyridine rings is 1. The molecule has 3 aromatic heterocycles. The molecular formula is C11H9BrN3Y-. The third kappa shape index (κ3) is 1.59. The number of hydrogen-bond acceptors (Lipinski definition) is 1. The number of halogens is 1. The molecule has 0 aromatic carbocycles. The molecule has 79 valence electrons. The molecule has 0 aliphatic rings. The number of nitrogens with zero attached hydrogens (tertiary/aromatic N) is 3. The van der Waals surface area contributed by atoms with Gasteiger partial charge in [-0.05, 0) is 23.0 Å². The molecule has 0 atom stereocenters. The first-order chi connectivity index (χ1) is 7.18. The van der Waals surface area contributed by atoms with Crippen molar-refractivity contribution >= 4 is 37.9 Å². The van der Waals surface area contributed by atoms with Crippen LogP contribution in [0.1, 0.15) is 0 Å². The predicted octanol–water partition coefficient (Wildman–Crippen LogP) is 2.63. The summed E-state index contributed by atoms with van der Waals surface area (Å²) in [6.45, 7) is 0.